The van der Waals surface area contributed by atoms with E-state index in [1.807, 2.05) is 18.2 Å². The van der Waals surface area contributed by atoms with Crippen LogP contribution in [0.1, 0.15) is 12.5 Å². The number of hydrogen-bond donors (Lipinski definition) is 2. The molecule has 0 fully saturated rings. The number of nitrogens with one attached hydrogen (secondary N) is 1. The maximum atomic E-state index is 14.2. The largest absolute Gasteiger partial charge is 0.478 e. The second-order valence-electron chi connectivity index (χ2n) is 5.27. The molecule has 0 atom stereocenters. The third-order valence-corrected chi connectivity index (χ3v) is 3.66. The standard InChI is InChI=1S/C18H13F2NO2/c1-10(18(22)23)6-14-15(19)8-13(9-16(14)20)11-2-3-17-12(7-11)4-5-21-17/h2-9,21H,1H3,(H,22,23). The predicted octanol–water partition coefficient (Wildman–Crippen LogP) is 4.60. The quantitative estimate of drug-likeness (QED) is 0.694. The third kappa shape index (κ3) is 2.85. The van der Waals surface area contributed by atoms with Gasteiger partial charge in [0.1, 0.15) is 11.6 Å². The summed E-state index contributed by atoms with van der Waals surface area (Å²) in [5.74, 6) is -2.81. The van der Waals surface area contributed by atoms with Crippen molar-refractivity contribution in [2.24, 2.45) is 0 Å². The van der Waals surface area contributed by atoms with E-state index in [0.29, 0.717) is 11.1 Å². The smallest absolute Gasteiger partial charge is 0.331 e. The number of halogens is 2. The SMILES string of the molecule is CC(=Cc1c(F)cc(-c2ccc3[nH]ccc3c2)cc1F)C(=O)O. The molecule has 0 saturated heterocycles. The molecule has 1 heterocycles. The summed E-state index contributed by atoms with van der Waals surface area (Å²) in [5, 5.41) is 9.76. The number of aliphatic carboxylic acids is 1. The summed E-state index contributed by atoms with van der Waals surface area (Å²) in [6.45, 7) is 1.29. The van der Waals surface area contributed by atoms with Crippen molar-refractivity contribution >= 4 is 22.9 Å². The number of H-pyrrole nitrogens is 1. The summed E-state index contributed by atoms with van der Waals surface area (Å²) in [6.07, 6.45) is 2.78. The van der Waals surface area contributed by atoms with Crippen LogP contribution in [0.15, 0.2) is 48.2 Å². The molecule has 0 unspecified atom stereocenters. The van der Waals surface area contributed by atoms with Crippen LogP contribution in [-0.4, -0.2) is 16.1 Å². The molecule has 0 amide bonds. The Morgan fingerprint density at radius 3 is 2.43 bits per heavy atom. The average Bonchev–Trinajstić information content (AvgIpc) is 2.97. The molecule has 2 aromatic carbocycles. The first-order valence-corrected chi connectivity index (χ1v) is 6.94. The minimum absolute atomic E-state index is 0.135. The molecule has 0 bridgehead atoms. The monoisotopic (exact) mass is 313 g/mol. The maximum Gasteiger partial charge on any atom is 0.331 e. The van der Waals surface area contributed by atoms with Gasteiger partial charge in [-0.3, -0.25) is 0 Å². The summed E-state index contributed by atoms with van der Waals surface area (Å²) < 4.78 is 28.4. The molecule has 0 spiro atoms. The Morgan fingerprint density at radius 2 is 1.78 bits per heavy atom. The molecule has 5 heteroatoms. The summed E-state index contributed by atoms with van der Waals surface area (Å²) in [5.41, 5.74) is 1.53. The highest BCUT2D eigenvalue weighted by Gasteiger charge is 2.12. The molecular formula is C18H13F2NO2. The van der Waals surface area contributed by atoms with Crippen molar-refractivity contribution in [3.05, 3.63) is 65.4 Å². The molecule has 0 aliphatic rings. The fourth-order valence-electron chi connectivity index (χ4n) is 2.40. The second kappa shape index (κ2) is 5.68. The van der Waals surface area contributed by atoms with E-state index >= 15 is 0 Å². The van der Waals surface area contributed by atoms with Gasteiger partial charge in [0, 0.05) is 22.9 Å². The molecular weight excluding hydrogens is 300 g/mol. The van der Waals surface area contributed by atoms with Crippen molar-refractivity contribution in [1.82, 2.24) is 4.98 Å². The van der Waals surface area contributed by atoms with Crippen LogP contribution < -0.4 is 0 Å². The molecule has 0 saturated carbocycles. The van der Waals surface area contributed by atoms with Crippen LogP contribution in [0, 0.1) is 11.6 Å². The van der Waals surface area contributed by atoms with E-state index in [0.717, 1.165) is 17.0 Å². The van der Waals surface area contributed by atoms with Crippen LogP contribution in [0.2, 0.25) is 0 Å². The van der Waals surface area contributed by atoms with Crippen molar-refractivity contribution in [2.75, 3.05) is 0 Å². The number of aromatic amines is 1. The highest BCUT2D eigenvalue weighted by atomic mass is 19.1. The average molecular weight is 313 g/mol. The van der Waals surface area contributed by atoms with Crippen LogP contribution in [0.5, 0.6) is 0 Å². The number of carboxylic acids is 1. The highest BCUT2D eigenvalue weighted by Crippen LogP contribution is 2.28. The zero-order chi connectivity index (χ0) is 16.6. The van der Waals surface area contributed by atoms with Crippen molar-refractivity contribution in [3.8, 4) is 11.1 Å². The van der Waals surface area contributed by atoms with Crippen LogP contribution in [0.4, 0.5) is 8.78 Å². The highest BCUT2D eigenvalue weighted by molar-refractivity contribution is 5.91. The minimum atomic E-state index is -1.22. The lowest BCUT2D eigenvalue weighted by atomic mass is 10.0. The van der Waals surface area contributed by atoms with E-state index in [4.69, 9.17) is 5.11 Å². The van der Waals surface area contributed by atoms with Crippen molar-refractivity contribution in [2.45, 2.75) is 6.92 Å². The fraction of sp³-hybridized carbons (Fsp3) is 0.0556. The van der Waals surface area contributed by atoms with E-state index in [1.165, 1.54) is 19.1 Å². The van der Waals surface area contributed by atoms with Crippen molar-refractivity contribution in [1.29, 1.82) is 0 Å². The Kier molecular flexibility index (Phi) is 3.70. The van der Waals surface area contributed by atoms with E-state index < -0.39 is 17.6 Å². The number of aromatic nitrogens is 1. The lowest BCUT2D eigenvalue weighted by Crippen LogP contribution is -1.98. The molecule has 1 aromatic heterocycles. The van der Waals surface area contributed by atoms with Crippen LogP contribution in [0.3, 0.4) is 0 Å². The first kappa shape index (κ1) is 15.0. The van der Waals surface area contributed by atoms with Gasteiger partial charge < -0.3 is 10.1 Å². The Bertz CT molecular complexity index is 918. The predicted molar refractivity (Wildman–Crippen MR) is 84.9 cm³/mol. The Hall–Kier alpha value is -2.95. The third-order valence-electron chi connectivity index (χ3n) is 3.66. The number of fused-ring (bicyclic) bond motifs is 1. The van der Waals surface area contributed by atoms with Gasteiger partial charge in [0.05, 0.1) is 0 Å². The van der Waals surface area contributed by atoms with E-state index in [-0.39, 0.29) is 11.1 Å². The van der Waals surface area contributed by atoms with E-state index in [1.54, 1.807) is 12.3 Å². The zero-order valence-electron chi connectivity index (χ0n) is 12.2. The van der Waals surface area contributed by atoms with Gasteiger partial charge in [0.25, 0.3) is 0 Å². The lowest BCUT2D eigenvalue weighted by Gasteiger charge is -2.07. The molecule has 3 aromatic rings. The van der Waals surface area contributed by atoms with Gasteiger partial charge in [0.15, 0.2) is 0 Å². The van der Waals surface area contributed by atoms with Crippen LogP contribution >= 0.6 is 0 Å². The van der Waals surface area contributed by atoms with Gasteiger partial charge in [-0.25, -0.2) is 13.6 Å². The van der Waals surface area contributed by atoms with Gasteiger partial charge >= 0.3 is 5.97 Å². The maximum absolute atomic E-state index is 14.2. The number of benzene rings is 2. The normalized spacial score (nSPS) is 11.9. The minimum Gasteiger partial charge on any atom is -0.478 e. The first-order valence-electron chi connectivity index (χ1n) is 6.94. The van der Waals surface area contributed by atoms with Crippen molar-refractivity contribution in [3.63, 3.8) is 0 Å². The summed E-state index contributed by atoms with van der Waals surface area (Å²) in [4.78, 5) is 13.8. The molecule has 3 rings (SSSR count). The second-order valence-corrected chi connectivity index (χ2v) is 5.27. The molecule has 116 valence electrons. The molecule has 3 nitrogen and oxygen atoms in total. The summed E-state index contributed by atoms with van der Waals surface area (Å²) in [6, 6.07) is 9.72. The van der Waals surface area contributed by atoms with Gasteiger partial charge in [0.2, 0.25) is 0 Å². The molecule has 0 aliphatic carbocycles. The number of carboxylic acid groups (broad SMARTS) is 1. The number of carbonyl (C=O) groups is 1. The van der Waals surface area contributed by atoms with Gasteiger partial charge in [-0.2, -0.15) is 0 Å². The Morgan fingerprint density at radius 1 is 1.09 bits per heavy atom. The van der Waals surface area contributed by atoms with E-state index in [2.05, 4.69) is 4.98 Å². The Labute approximate surface area is 130 Å². The number of hydrogen-bond acceptors (Lipinski definition) is 1. The molecule has 23 heavy (non-hydrogen) atoms. The number of rotatable bonds is 3. The zero-order valence-corrected chi connectivity index (χ0v) is 12.2. The molecule has 0 aliphatic heterocycles. The van der Waals surface area contributed by atoms with E-state index in [9.17, 15) is 13.6 Å². The molecule has 0 radical (unpaired) electrons. The Balaban J connectivity index is 2.08. The van der Waals surface area contributed by atoms with Crippen LogP contribution in [0.25, 0.3) is 28.1 Å². The summed E-state index contributed by atoms with van der Waals surface area (Å²) >= 11 is 0. The van der Waals surface area contributed by atoms with Crippen LogP contribution in [-0.2, 0) is 4.79 Å². The summed E-state index contributed by atoms with van der Waals surface area (Å²) in [7, 11) is 0. The van der Waals surface area contributed by atoms with Gasteiger partial charge in [-0.15, -0.1) is 0 Å². The lowest BCUT2D eigenvalue weighted by molar-refractivity contribution is -0.132. The molecule has 2 N–H and O–H groups in total. The van der Waals surface area contributed by atoms with Gasteiger partial charge in [-0.1, -0.05) is 6.07 Å². The first-order chi connectivity index (χ1) is 11.0. The van der Waals surface area contributed by atoms with Crippen molar-refractivity contribution < 1.29 is 18.7 Å². The topological polar surface area (TPSA) is 53.1 Å². The fourth-order valence-corrected chi connectivity index (χ4v) is 2.40. The van der Waals surface area contributed by atoms with Gasteiger partial charge in [-0.05, 0) is 59.8 Å².